The molecule has 4 heteroatoms. The molecule has 1 aromatic heterocycles. The summed E-state index contributed by atoms with van der Waals surface area (Å²) in [5, 5.41) is 4.23. The van der Waals surface area contributed by atoms with Crippen LogP contribution in [0.2, 0.25) is 0 Å². The third-order valence-electron chi connectivity index (χ3n) is 3.06. The molecule has 1 heterocycles. The van der Waals surface area contributed by atoms with Crippen LogP contribution in [0.25, 0.3) is 0 Å². The number of nitrogens with zero attached hydrogens (tertiary/aromatic N) is 2. The van der Waals surface area contributed by atoms with Crippen LogP contribution < -0.4 is 4.74 Å². The van der Waals surface area contributed by atoms with Crippen molar-refractivity contribution in [2.75, 3.05) is 5.88 Å². The summed E-state index contributed by atoms with van der Waals surface area (Å²) in [4.78, 5) is 0. The topological polar surface area (TPSA) is 27.1 Å². The largest absolute Gasteiger partial charge is 0.489 e. The number of ether oxygens (including phenoxy) is 1. The molecular formula is C17H19ClN2O. The molecule has 110 valence electrons. The van der Waals surface area contributed by atoms with Crippen LogP contribution >= 0.6 is 11.6 Å². The molecule has 0 spiro atoms. The number of halogens is 1. The average molecular weight is 303 g/mol. The zero-order chi connectivity index (χ0) is 15.1. The van der Waals surface area contributed by atoms with E-state index in [1.807, 2.05) is 42.2 Å². The highest BCUT2D eigenvalue weighted by Crippen LogP contribution is 2.18. The van der Waals surface area contributed by atoms with Crippen LogP contribution in [-0.2, 0) is 13.2 Å². The Morgan fingerprint density at radius 3 is 2.90 bits per heavy atom. The molecule has 0 saturated carbocycles. The van der Waals surface area contributed by atoms with Crippen LogP contribution in [0.1, 0.15) is 30.0 Å². The molecule has 0 radical (unpaired) electrons. The van der Waals surface area contributed by atoms with E-state index < -0.39 is 0 Å². The minimum Gasteiger partial charge on any atom is -0.489 e. The first-order chi connectivity index (χ1) is 10.2. The molecule has 2 rings (SSSR count). The van der Waals surface area contributed by atoms with Crippen molar-refractivity contribution in [2.45, 2.75) is 33.4 Å². The lowest BCUT2D eigenvalue weighted by atomic mass is 10.1. The molecule has 0 saturated heterocycles. The maximum absolute atomic E-state index is 5.79. The fourth-order valence-electron chi connectivity index (χ4n) is 1.89. The van der Waals surface area contributed by atoms with Crippen molar-refractivity contribution in [1.82, 2.24) is 9.78 Å². The Kier molecular flexibility index (Phi) is 5.71. The van der Waals surface area contributed by atoms with Crippen molar-refractivity contribution in [2.24, 2.45) is 0 Å². The SMILES string of the molecule is CCn1cc(COc2ccc(C#CCCCl)c(C)c2)cn1. The highest BCUT2D eigenvalue weighted by atomic mass is 35.5. The molecule has 0 fully saturated rings. The molecule has 0 aliphatic carbocycles. The van der Waals surface area contributed by atoms with Crippen LogP contribution in [-0.4, -0.2) is 15.7 Å². The monoisotopic (exact) mass is 302 g/mol. The van der Waals surface area contributed by atoms with Crippen molar-refractivity contribution < 1.29 is 4.74 Å². The van der Waals surface area contributed by atoms with E-state index >= 15 is 0 Å². The van der Waals surface area contributed by atoms with Gasteiger partial charge in [0.2, 0.25) is 0 Å². The van der Waals surface area contributed by atoms with Crippen LogP contribution in [0.4, 0.5) is 0 Å². The maximum atomic E-state index is 5.79. The normalized spacial score (nSPS) is 10.0. The summed E-state index contributed by atoms with van der Waals surface area (Å²) in [6.07, 6.45) is 4.54. The number of hydrogen-bond acceptors (Lipinski definition) is 2. The second-order valence-corrected chi connectivity index (χ2v) is 5.09. The van der Waals surface area contributed by atoms with Crippen molar-refractivity contribution in [1.29, 1.82) is 0 Å². The van der Waals surface area contributed by atoms with E-state index in [-0.39, 0.29) is 0 Å². The first kappa shape index (κ1) is 15.5. The zero-order valence-electron chi connectivity index (χ0n) is 12.4. The lowest BCUT2D eigenvalue weighted by molar-refractivity contribution is 0.306. The molecule has 21 heavy (non-hydrogen) atoms. The summed E-state index contributed by atoms with van der Waals surface area (Å²) in [5.74, 6) is 7.58. The second kappa shape index (κ2) is 7.75. The van der Waals surface area contributed by atoms with Gasteiger partial charge in [-0.15, -0.1) is 11.6 Å². The molecule has 1 aromatic carbocycles. The van der Waals surface area contributed by atoms with Gasteiger partial charge in [-0.3, -0.25) is 4.68 Å². The predicted octanol–water partition coefficient (Wildman–Crippen LogP) is 3.77. The fraction of sp³-hybridized carbons (Fsp3) is 0.353. The number of hydrogen-bond donors (Lipinski definition) is 0. The van der Waals surface area contributed by atoms with Crippen LogP contribution in [0.15, 0.2) is 30.6 Å². The molecule has 3 nitrogen and oxygen atoms in total. The standard InChI is InChI=1S/C17H19ClN2O/c1-3-20-12-15(11-19-20)13-21-17-8-7-16(14(2)10-17)6-4-5-9-18/h7-8,10-12H,3,5,9,13H2,1-2H3. The molecule has 0 N–H and O–H groups in total. The average Bonchev–Trinajstić information content (AvgIpc) is 2.95. The Hall–Kier alpha value is -1.92. The van der Waals surface area contributed by atoms with E-state index in [0.29, 0.717) is 18.9 Å². The molecule has 0 bridgehead atoms. The van der Waals surface area contributed by atoms with Crippen LogP contribution in [0.3, 0.4) is 0 Å². The summed E-state index contributed by atoms with van der Waals surface area (Å²) in [5.41, 5.74) is 3.20. The van der Waals surface area contributed by atoms with Crippen molar-refractivity contribution >= 4 is 11.6 Å². The van der Waals surface area contributed by atoms with Crippen molar-refractivity contribution in [3.8, 4) is 17.6 Å². The molecule has 0 aliphatic rings. The Morgan fingerprint density at radius 2 is 2.24 bits per heavy atom. The lowest BCUT2D eigenvalue weighted by Crippen LogP contribution is -1.96. The van der Waals surface area contributed by atoms with Gasteiger partial charge in [-0.2, -0.15) is 5.10 Å². The quantitative estimate of drug-likeness (QED) is 0.621. The van der Waals surface area contributed by atoms with Gasteiger partial charge in [0.1, 0.15) is 12.4 Å². The summed E-state index contributed by atoms with van der Waals surface area (Å²) in [6, 6.07) is 5.94. The van der Waals surface area contributed by atoms with Crippen molar-refractivity contribution in [3.63, 3.8) is 0 Å². The number of benzene rings is 1. The van der Waals surface area contributed by atoms with Crippen LogP contribution in [0.5, 0.6) is 5.75 Å². The van der Waals surface area contributed by atoms with E-state index in [2.05, 4.69) is 23.9 Å². The van der Waals surface area contributed by atoms with Gasteiger partial charge in [0.15, 0.2) is 0 Å². The van der Waals surface area contributed by atoms with Gasteiger partial charge in [0, 0.05) is 36.2 Å². The summed E-state index contributed by atoms with van der Waals surface area (Å²) < 4.78 is 7.68. The Morgan fingerprint density at radius 1 is 1.38 bits per heavy atom. The minimum absolute atomic E-state index is 0.525. The van der Waals surface area contributed by atoms with Gasteiger partial charge in [0.05, 0.1) is 6.20 Å². The molecule has 0 aliphatic heterocycles. The molecular weight excluding hydrogens is 284 g/mol. The number of alkyl halides is 1. The molecule has 0 amide bonds. The van der Waals surface area contributed by atoms with E-state index in [1.54, 1.807) is 0 Å². The van der Waals surface area contributed by atoms with Crippen LogP contribution in [0, 0.1) is 18.8 Å². The Labute approximate surface area is 130 Å². The lowest BCUT2D eigenvalue weighted by Gasteiger charge is -2.06. The Balaban J connectivity index is 1.98. The molecule has 2 aromatic rings. The van der Waals surface area contributed by atoms with Gasteiger partial charge in [0.25, 0.3) is 0 Å². The zero-order valence-corrected chi connectivity index (χ0v) is 13.2. The third kappa shape index (κ3) is 4.54. The smallest absolute Gasteiger partial charge is 0.120 e. The van der Waals surface area contributed by atoms with Gasteiger partial charge in [-0.25, -0.2) is 0 Å². The van der Waals surface area contributed by atoms with E-state index in [0.717, 1.165) is 29.0 Å². The van der Waals surface area contributed by atoms with E-state index in [9.17, 15) is 0 Å². The third-order valence-corrected chi connectivity index (χ3v) is 3.25. The van der Waals surface area contributed by atoms with E-state index in [4.69, 9.17) is 16.3 Å². The second-order valence-electron chi connectivity index (χ2n) is 4.71. The minimum atomic E-state index is 0.525. The predicted molar refractivity (Wildman–Crippen MR) is 85.6 cm³/mol. The first-order valence-electron chi connectivity index (χ1n) is 7.02. The molecule has 0 unspecified atom stereocenters. The number of aryl methyl sites for hydroxylation is 2. The van der Waals surface area contributed by atoms with Gasteiger partial charge >= 0.3 is 0 Å². The highest BCUT2D eigenvalue weighted by Gasteiger charge is 2.01. The van der Waals surface area contributed by atoms with Gasteiger partial charge in [-0.1, -0.05) is 11.8 Å². The summed E-state index contributed by atoms with van der Waals surface area (Å²) >= 11 is 5.62. The number of aromatic nitrogens is 2. The van der Waals surface area contributed by atoms with Gasteiger partial charge < -0.3 is 4.74 Å². The van der Waals surface area contributed by atoms with E-state index in [1.165, 1.54) is 0 Å². The maximum Gasteiger partial charge on any atom is 0.120 e. The van der Waals surface area contributed by atoms with Crippen molar-refractivity contribution in [3.05, 3.63) is 47.3 Å². The number of rotatable bonds is 5. The summed E-state index contributed by atoms with van der Waals surface area (Å²) in [6.45, 7) is 5.49. The fourth-order valence-corrected chi connectivity index (χ4v) is 1.99. The molecule has 0 atom stereocenters. The van der Waals surface area contributed by atoms with Gasteiger partial charge in [-0.05, 0) is 37.6 Å². The first-order valence-corrected chi connectivity index (χ1v) is 7.56. The highest BCUT2D eigenvalue weighted by molar-refractivity contribution is 6.18. The Bertz CT molecular complexity index is 652. The summed E-state index contributed by atoms with van der Waals surface area (Å²) in [7, 11) is 0.